The van der Waals surface area contributed by atoms with Gasteiger partial charge in [-0.25, -0.2) is 4.39 Å². The Morgan fingerprint density at radius 3 is 2.58 bits per heavy atom. The van der Waals surface area contributed by atoms with Gasteiger partial charge < -0.3 is 9.80 Å². The maximum absolute atomic E-state index is 13.1. The SMILES string of the molecule is CN(CCCC1CCN(C(=O)c2ccc(F)cc2)CC1)C(=O)c1nsc2ccccc12. The van der Waals surface area contributed by atoms with Crippen LogP contribution in [0.3, 0.4) is 0 Å². The van der Waals surface area contributed by atoms with Crippen LogP contribution in [-0.2, 0) is 0 Å². The van der Waals surface area contributed by atoms with E-state index in [0.717, 1.165) is 48.9 Å². The maximum Gasteiger partial charge on any atom is 0.273 e. The first-order chi connectivity index (χ1) is 15.0. The molecule has 7 heteroatoms. The van der Waals surface area contributed by atoms with Crippen molar-refractivity contribution in [2.24, 2.45) is 5.92 Å². The predicted octanol–water partition coefficient (Wildman–Crippen LogP) is 4.84. The van der Waals surface area contributed by atoms with Crippen molar-refractivity contribution in [2.45, 2.75) is 25.7 Å². The Morgan fingerprint density at radius 1 is 1.13 bits per heavy atom. The number of benzene rings is 2. The van der Waals surface area contributed by atoms with Gasteiger partial charge in [-0.3, -0.25) is 9.59 Å². The predicted molar refractivity (Wildman–Crippen MR) is 121 cm³/mol. The smallest absolute Gasteiger partial charge is 0.273 e. The molecule has 162 valence electrons. The zero-order valence-electron chi connectivity index (χ0n) is 17.6. The first kappa shape index (κ1) is 21.4. The average molecular weight is 440 g/mol. The van der Waals surface area contributed by atoms with E-state index in [1.807, 2.05) is 36.2 Å². The lowest BCUT2D eigenvalue weighted by atomic mass is 9.91. The van der Waals surface area contributed by atoms with Crippen molar-refractivity contribution in [2.75, 3.05) is 26.7 Å². The third kappa shape index (κ3) is 4.93. The summed E-state index contributed by atoms with van der Waals surface area (Å²) in [6.07, 6.45) is 3.89. The van der Waals surface area contributed by atoms with E-state index in [4.69, 9.17) is 0 Å². The summed E-state index contributed by atoms with van der Waals surface area (Å²) in [6, 6.07) is 13.6. The Labute approximate surface area is 185 Å². The van der Waals surface area contributed by atoms with Crippen LogP contribution in [0, 0.1) is 11.7 Å². The first-order valence-corrected chi connectivity index (χ1v) is 11.4. The second-order valence-corrected chi connectivity index (χ2v) is 8.94. The number of amides is 2. The number of nitrogens with zero attached hydrogens (tertiary/aromatic N) is 3. The lowest BCUT2D eigenvalue weighted by molar-refractivity contribution is 0.0678. The summed E-state index contributed by atoms with van der Waals surface area (Å²) in [5, 5.41) is 0.919. The van der Waals surface area contributed by atoms with E-state index in [9.17, 15) is 14.0 Å². The molecule has 4 rings (SSSR count). The van der Waals surface area contributed by atoms with Crippen molar-refractivity contribution >= 4 is 33.4 Å². The zero-order chi connectivity index (χ0) is 21.8. The van der Waals surface area contributed by atoms with Crippen molar-refractivity contribution in [1.82, 2.24) is 14.2 Å². The summed E-state index contributed by atoms with van der Waals surface area (Å²) >= 11 is 1.36. The summed E-state index contributed by atoms with van der Waals surface area (Å²) in [5.41, 5.74) is 1.07. The number of rotatable bonds is 6. The lowest BCUT2D eigenvalue weighted by Gasteiger charge is -2.32. The normalized spacial score (nSPS) is 14.7. The second-order valence-electron chi connectivity index (χ2n) is 8.14. The molecule has 0 radical (unpaired) electrons. The van der Waals surface area contributed by atoms with Gasteiger partial charge in [-0.2, -0.15) is 4.37 Å². The van der Waals surface area contributed by atoms with Gasteiger partial charge in [-0.15, -0.1) is 0 Å². The molecule has 0 bridgehead atoms. The number of piperidine rings is 1. The van der Waals surface area contributed by atoms with Gasteiger partial charge in [0.25, 0.3) is 11.8 Å². The Morgan fingerprint density at radius 2 is 1.84 bits per heavy atom. The monoisotopic (exact) mass is 439 g/mol. The van der Waals surface area contributed by atoms with Crippen LogP contribution in [0.15, 0.2) is 48.5 Å². The molecule has 0 atom stereocenters. The number of halogens is 1. The van der Waals surface area contributed by atoms with E-state index in [2.05, 4.69) is 4.37 Å². The molecule has 1 aliphatic heterocycles. The molecule has 1 fully saturated rings. The number of carbonyl (C=O) groups excluding carboxylic acids is 2. The highest BCUT2D eigenvalue weighted by atomic mass is 32.1. The fourth-order valence-corrected chi connectivity index (χ4v) is 4.91. The van der Waals surface area contributed by atoms with Crippen LogP contribution in [-0.4, -0.2) is 52.7 Å². The first-order valence-electron chi connectivity index (χ1n) is 10.7. The van der Waals surface area contributed by atoms with Gasteiger partial charge in [0, 0.05) is 37.6 Å². The molecular formula is C24H26FN3O2S. The van der Waals surface area contributed by atoms with Crippen LogP contribution in [0.2, 0.25) is 0 Å². The van der Waals surface area contributed by atoms with E-state index >= 15 is 0 Å². The molecule has 3 aromatic rings. The molecule has 31 heavy (non-hydrogen) atoms. The quantitative estimate of drug-likeness (QED) is 0.552. The van der Waals surface area contributed by atoms with E-state index in [1.54, 1.807) is 17.0 Å². The summed E-state index contributed by atoms with van der Waals surface area (Å²) in [5.74, 6) is 0.166. The third-order valence-corrected chi connectivity index (χ3v) is 6.85. The van der Waals surface area contributed by atoms with Crippen LogP contribution in [0.4, 0.5) is 4.39 Å². The van der Waals surface area contributed by atoms with Gasteiger partial charge in [0.05, 0.1) is 4.70 Å². The highest BCUT2D eigenvalue weighted by Crippen LogP contribution is 2.25. The number of aromatic nitrogens is 1. The van der Waals surface area contributed by atoms with Gasteiger partial charge in [-0.1, -0.05) is 18.2 Å². The van der Waals surface area contributed by atoms with Gasteiger partial charge in [0.2, 0.25) is 0 Å². The number of hydrogen-bond acceptors (Lipinski definition) is 4. The molecule has 0 N–H and O–H groups in total. The molecule has 2 amide bonds. The molecule has 2 aromatic carbocycles. The van der Waals surface area contributed by atoms with E-state index < -0.39 is 0 Å². The molecular weight excluding hydrogens is 413 g/mol. The summed E-state index contributed by atoms with van der Waals surface area (Å²) in [6.45, 7) is 2.14. The Balaban J connectivity index is 1.22. The fourth-order valence-electron chi connectivity index (χ4n) is 4.14. The molecule has 0 spiro atoms. The van der Waals surface area contributed by atoms with Crippen molar-refractivity contribution in [3.63, 3.8) is 0 Å². The summed E-state index contributed by atoms with van der Waals surface area (Å²) in [4.78, 5) is 28.9. The Bertz CT molecular complexity index is 1060. The Hall–Kier alpha value is -2.80. The Kier molecular flexibility index (Phi) is 6.61. The van der Waals surface area contributed by atoms with Crippen molar-refractivity contribution in [3.8, 4) is 0 Å². The van der Waals surface area contributed by atoms with Crippen molar-refractivity contribution < 1.29 is 14.0 Å². The molecule has 2 heterocycles. The second kappa shape index (κ2) is 9.56. The van der Waals surface area contributed by atoms with E-state index in [-0.39, 0.29) is 17.6 Å². The molecule has 1 aliphatic rings. The van der Waals surface area contributed by atoms with Crippen LogP contribution in [0.1, 0.15) is 46.5 Å². The van der Waals surface area contributed by atoms with Gasteiger partial charge in [0.15, 0.2) is 0 Å². The number of hydrogen-bond donors (Lipinski definition) is 0. The maximum atomic E-state index is 13.1. The molecule has 0 saturated carbocycles. The minimum atomic E-state index is -0.332. The largest absolute Gasteiger partial charge is 0.340 e. The van der Waals surface area contributed by atoms with Crippen LogP contribution < -0.4 is 0 Å². The molecule has 1 saturated heterocycles. The molecule has 0 aliphatic carbocycles. The van der Waals surface area contributed by atoms with Gasteiger partial charge in [-0.05, 0) is 73.5 Å². The minimum absolute atomic E-state index is 0.0285. The van der Waals surface area contributed by atoms with Crippen molar-refractivity contribution in [3.05, 3.63) is 65.6 Å². The van der Waals surface area contributed by atoms with Crippen molar-refractivity contribution in [1.29, 1.82) is 0 Å². The summed E-state index contributed by atoms with van der Waals surface area (Å²) in [7, 11) is 1.83. The highest BCUT2D eigenvalue weighted by Gasteiger charge is 2.24. The summed E-state index contributed by atoms with van der Waals surface area (Å²) < 4.78 is 18.5. The van der Waals surface area contributed by atoms with Gasteiger partial charge >= 0.3 is 0 Å². The average Bonchev–Trinajstić information content (AvgIpc) is 3.23. The zero-order valence-corrected chi connectivity index (χ0v) is 18.4. The van der Waals surface area contributed by atoms with Crippen LogP contribution in [0.25, 0.3) is 10.1 Å². The van der Waals surface area contributed by atoms with Gasteiger partial charge in [0.1, 0.15) is 11.5 Å². The van der Waals surface area contributed by atoms with Crippen LogP contribution in [0.5, 0.6) is 0 Å². The molecule has 0 unspecified atom stereocenters. The topological polar surface area (TPSA) is 53.5 Å². The minimum Gasteiger partial charge on any atom is -0.340 e. The van der Waals surface area contributed by atoms with E-state index in [0.29, 0.717) is 23.7 Å². The standard InChI is InChI=1S/C24H26FN3O2S/c1-27(24(30)22-20-6-2-3-7-21(20)31-26-22)14-4-5-17-12-15-28(16-13-17)23(29)18-8-10-19(25)11-9-18/h2-3,6-11,17H,4-5,12-16H2,1H3. The van der Waals surface area contributed by atoms with E-state index in [1.165, 1.54) is 23.7 Å². The highest BCUT2D eigenvalue weighted by molar-refractivity contribution is 7.13. The van der Waals surface area contributed by atoms with Crippen LogP contribution >= 0.6 is 11.5 Å². The number of fused-ring (bicyclic) bond motifs is 1. The third-order valence-electron chi connectivity index (χ3n) is 6.03. The number of carbonyl (C=O) groups is 2. The molecule has 1 aromatic heterocycles. The molecule has 5 nitrogen and oxygen atoms in total. The fraction of sp³-hybridized carbons (Fsp3) is 0.375. The lowest BCUT2D eigenvalue weighted by Crippen LogP contribution is -2.38. The number of likely N-dealkylation sites (tertiary alicyclic amines) is 1.